The normalized spacial score (nSPS) is 10.3. The average molecular weight is 298 g/mol. The monoisotopic (exact) mass is 297 g/mol. The van der Waals surface area contributed by atoms with Gasteiger partial charge in [0.1, 0.15) is 17.5 Å². The van der Waals surface area contributed by atoms with Crippen LogP contribution in [0.5, 0.6) is 0 Å². The minimum atomic E-state index is 0.480. The second kappa shape index (κ2) is 6.06. The van der Waals surface area contributed by atoms with Gasteiger partial charge in [0.05, 0.1) is 10.0 Å². The molecule has 7 heteroatoms. The summed E-state index contributed by atoms with van der Waals surface area (Å²) in [5, 5.41) is 4.12. The molecule has 0 saturated heterocycles. The molecule has 0 saturated carbocycles. The van der Waals surface area contributed by atoms with Crippen LogP contribution in [0.15, 0.2) is 24.3 Å². The van der Waals surface area contributed by atoms with Crippen LogP contribution in [0.3, 0.4) is 0 Å². The average Bonchev–Trinajstić information content (AvgIpc) is 2.42. The van der Waals surface area contributed by atoms with Crippen LogP contribution in [0.2, 0.25) is 10.0 Å². The second-order valence-electron chi connectivity index (χ2n) is 3.81. The largest absolute Gasteiger partial charge is 0.340 e. The lowest BCUT2D eigenvalue weighted by molar-refractivity contribution is 0.941. The molecular formula is C12H13Cl2N5. The van der Waals surface area contributed by atoms with Crippen molar-refractivity contribution in [3.05, 3.63) is 40.1 Å². The zero-order valence-corrected chi connectivity index (χ0v) is 11.8. The van der Waals surface area contributed by atoms with Gasteiger partial charge < -0.3 is 10.7 Å². The third-order valence-electron chi connectivity index (χ3n) is 2.43. The van der Waals surface area contributed by atoms with Gasteiger partial charge in [0.2, 0.25) is 0 Å². The smallest absolute Gasteiger partial charge is 0.145 e. The number of aryl methyl sites for hydroxylation is 1. The number of nitrogens with one attached hydrogen (secondary N) is 2. The number of halogens is 2. The summed E-state index contributed by atoms with van der Waals surface area (Å²) in [5.74, 6) is 7.25. The molecule has 1 aromatic heterocycles. The summed E-state index contributed by atoms with van der Waals surface area (Å²) in [6.07, 6.45) is 0.714. The lowest BCUT2D eigenvalue weighted by Gasteiger charge is -2.09. The van der Waals surface area contributed by atoms with Crippen LogP contribution in [0, 0.1) is 0 Å². The molecule has 1 aromatic carbocycles. The zero-order valence-electron chi connectivity index (χ0n) is 10.2. The summed E-state index contributed by atoms with van der Waals surface area (Å²) < 4.78 is 0. The summed E-state index contributed by atoms with van der Waals surface area (Å²) in [6.45, 7) is 1.97. The van der Waals surface area contributed by atoms with Crippen LogP contribution in [0.25, 0.3) is 0 Å². The maximum Gasteiger partial charge on any atom is 0.145 e. The Balaban J connectivity index is 2.29. The van der Waals surface area contributed by atoms with E-state index in [9.17, 15) is 0 Å². The van der Waals surface area contributed by atoms with E-state index in [1.54, 1.807) is 18.2 Å². The van der Waals surface area contributed by atoms with Crippen molar-refractivity contribution >= 4 is 40.5 Å². The summed E-state index contributed by atoms with van der Waals surface area (Å²) in [5.41, 5.74) is 3.30. The van der Waals surface area contributed by atoms with E-state index < -0.39 is 0 Å². The van der Waals surface area contributed by atoms with Gasteiger partial charge in [-0.15, -0.1) is 0 Å². The number of hydrogen-bond donors (Lipinski definition) is 3. The highest BCUT2D eigenvalue weighted by molar-refractivity contribution is 6.42. The van der Waals surface area contributed by atoms with E-state index in [1.807, 2.05) is 13.0 Å². The van der Waals surface area contributed by atoms with Crippen LogP contribution in [-0.2, 0) is 6.42 Å². The first-order valence-corrected chi connectivity index (χ1v) is 6.44. The Kier molecular flexibility index (Phi) is 4.42. The first-order valence-electron chi connectivity index (χ1n) is 5.69. The van der Waals surface area contributed by atoms with Crippen molar-refractivity contribution in [2.45, 2.75) is 13.3 Å². The third kappa shape index (κ3) is 3.47. The first-order chi connectivity index (χ1) is 9.12. The fourth-order valence-electron chi connectivity index (χ4n) is 1.51. The van der Waals surface area contributed by atoms with Gasteiger partial charge in [-0.25, -0.2) is 15.8 Å². The molecule has 0 aliphatic heterocycles. The molecule has 0 fully saturated rings. The molecule has 0 bridgehead atoms. The Labute approximate surface area is 121 Å². The van der Waals surface area contributed by atoms with Crippen LogP contribution < -0.4 is 16.6 Å². The van der Waals surface area contributed by atoms with Gasteiger partial charge >= 0.3 is 0 Å². The molecule has 0 atom stereocenters. The van der Waals surface area contributed by atoms with Crippen LogP contribution in [0.4, 0.5) is 17.3 Å². The number of nitrogen functional groups attached to an aromatic ring is 1. The van der Waals surface area contributed by atoms with Gasteiger partial charge in [0.15, 0.2) is 0 Å². The number of nitrogens with two attached hydrogens (primary N) is 1. The Morgan fingerprint density at radius 3 is 2.47 bits per heavy atom. The van der Waals surface area contributed by atoms with Crippen LogP contribution >= 0.6 is 23.2 Å². The predicted octanol–water partition coefficient (Wildman–Crippen LogP) is 3.38. The Morgan fingerprint density at radius 1 is 1.11 bits per heavy atom. The van der Waals surface area contributed by atoms with Gasteiger partial charge in [-0.1, -0.05) is 30.1 Å². The van der Waals surface area contributed by atoms with E-state index in [2.05, 4.69) is 20.7 Å². The van der Waals surface area contributed by atoms with Gasteiger partial charge in [-0.05, 0) is 18.2 Å². The van der Waals surface area contributed by atoms with Gasteiger partial charge in [-0.3, -0.25) is 0 Å². The van der Waals surface area contributed by atoms with Crippen LogP contribution in [-0.4, -0.2) is 9.97 Å². The van der Waals surface area contributed by atoms with E-state index >= 15 is 0 Å². The minimum Gasteiger partial charge on any atom is -0.340 e. The SMILES string of the molecule is CCc1nc(NN)cc(Nc2ccc(Cl)c(Cl)c2)n1. The standard InChI is InChI=1S/C12H13Cl2N5/c1-2-10-17-11(6-12(18-10)19-15)16-7-3-4-8(13)9(14)5-7/h3-6H,2,15H2,1H3,(H2,16,17,18,19). The Bertz CT molecular complexity index is 566. The molecule has 0 aliphatic carbocycles. The first kappa shape index (κ1) is 13.9. The molecule has 100 valence electrons. The fourth-order valence-corrected chi connectivity index (χ4v) is 1.81. The number of hydrogen-bond acceptors (Lipinski definition) is 5. The van der Waals surface area contributed by atoms with E-state index in [1.165, 1.54) is 0 Å². The van der Waals surface area contributed by atoms with Crippen molar-refractivity contribution in [1.82, 2.24) is 9.97 Å². The molecule has 0 aliphatic rings. The maximum atomic E-state index is 5.96. The number of rotatable bonds is 4. The predicted molar refractivity (Wildman–Crippen MR) is 79.0 cm³/mol. The number of aromatic nitrogens is 2. The highest BCUT2D eigenvalue weighted by atomic mass is 35.5. The van der Waals surface area contributed by atoms with Gasteiger partial charge in [0, 0.05) is 18.2 Å². The van der Waals surface area contributed by atoms with Crippen molar-refractivity contribution in [1.29, 1.82) is 0 Å². The fraction of sp³-hybridized carbons (Fsp3) is 0.167. The van der Waals surface area contributed by atoms with E-state index in [0.717, 1.165) is 5.69 Å². The number of benzene rings is 1. The number of hydrazine groups is 1. The molecule has 0 radical (unpaired) electrons. The number of nitrogens with zero attached hydrogens (tertiary/aromatic N) is 2. The molecular weight excluding hydrogens is 285 g/mol. The molecule has 0 unspecified atom stereocenters. The van der Waals surface area contributed by atoms with Crippen molar-refractivity contribution in [3.63, 3.8) is 0 Å². The van der Waals surface area contributed by atoms with Gasteiger partial charge in [-0.2, -0.15) is 0 Å². The topological polar surface area (TPSA) is 75.9 Å². The molecule has 4 N–H and O–H groups in total. The lowest BCUT2D eigenvalue weighted by atomic mass is 10.3. The van der Waals surface area contributed by atoms with E-state index in [4.69, 9.17) is 29.0 Å². The summed E-state index contributed by atoms with van der Waals surface area (Å²) in [6, 6.07) is 6.97. The Morgan fingerprint density at radius 2 is 1.84 bits per heavy atom. The van der Waals surface area contributed by atoms with E-state index in [0.29, 0.717) is 33.9 Å². The lowest BCUT2D eigenvalue weighted by Crippen LogP contribution is -2.11. The summed E-state index contributed by atoms with van der Waals surface area (Å²) >= 11 is 11.8. The van der Waals surface area contributed by atoms with Crippen molar-refractivity contribution in [2.75, 3.05) is 10.7 Å². The third-order valence-corrected chi connectivity index (χ3v) is 3.17. The van der Waals surface area contributed by atoms with E-state index in [-0.39, 0.29) is 0 Å². The zero-order chi connectivity index (χ0) is 13.8. The molecule has 0 spiro atoms. The van der Waals surface area contributed by atoms with Crippen LogP contribution in [0.1, 0.15) is 12.7 Å². The van der Waals surface area contributed by atoms with Crippen molar-refractivity contribution < 1.29 is 0 Å². The Hall–Kier alpha value is -1.56. The molecule has 5 nitrogen and oxygen atoms in total. The molecule has 1 heterocycles. The highest BCUT2D eigenvalue weighted by Crippen LogP contribution is 2.26. The minimum absolute atomic E-state index is 0.480. The maximum absolute atomic E-state index is 5.96. The highest BCUT2D eigenvalue weighted by Gasteiger charge is 2.04. The van der Waals surface area contributed by atoms with Gasteiger partial charge in [0.25, 0.3) is 0 Å². The number of anilines is 3. The summed E-state index contributed by atoms with van der Waals surface area (Å²) in [7, 11) is 0. The molecule has 19 heavy (non-hydrogen) atoms. The summed E-state index contributed by atoms with van der Waals surface area (Å²) in [4.78, 5) is 8.56. The second-order valence-corrected chi connectivity index (χ2v) is 4.62. The quantitative estimate of drug-likeness (QED) is 0.596. The molecule has 0 amide bonds. The molecule has 2 aromatic rings. The van der Waals surface area contributed by atoms with Crippen molar-refractivity contribution in [2.24, 2.45) is 5.84 Å². The molecule has 2 rings (SSSR count). The van der Waals surface area contributed by atoms with Crippen molar-refractivity contribution in [3.8, 4) is 0 Å².